The number of fused-ring (bicyclic) bond motifs is 1. The number of benzene rings is 3. The molecule has 4 rings (SSSR count). The Hall–Kier alpha value is -3.03. The number of nitrogens with two attached hydrogens (primary N) is 1. The molecule has 1 aromatic heterocycles. The second-order valence-corrected chi connectivity index (χ2v) is 8.80. The topological polar surface area (TPSA) is 100 Å². The van der Waals surface area contributed by atoms with Crippen molar-refractivity contribution < 1.29 is 9.90 Å². The van der Waals surface area contributed by atoms with Gasteiger partial charge in [-0.3, -0.25) is 9.78 Å². The van der Waals surface area contributed by atoms with Crippen molar-refractivity contribution in [2.75, 3.05) is 11.9 Å². The summed E-state index contributed by atoms with van der Waals surface area (Å²) < 4.78 is 0. The zero-order chi connectivity index (χ0) is 24.2. The Morgan fingerprint density at radius 2 is 1.76 bits per heavy atom. The lowest BCUT2D eigenvalue weighted by atomic mass is 9.96. The number of phenols is 1. The lowest BCUT2D eigenvalue weighted by molar-refractivity contribution is -0.119. The smallest absolute Gasteiger partial charge is 0.240 e. The van der Waals surface area contributed by atoms with E-state index in [1.807, 2.05) is 0 Å². The van der Waals surface area contributed by atoms with Crippen LogP contribution in [0.25, 0.3) is 10.9 Å². The van der Waals surface area contributed by atoms with Crippen LogP contribution in [-0.2, 0) is 11.3 Å². The third kappa shape index (κ3) is 5.05. The summed E-state index contributed by atoms with van der Waals surface area (Å²) in [5.41, 5.74) is 8.51. The number of carbonyl (C=O) groups is 1. The van der Waals surface area contributed by atoms with Crippen molar-refractivity contribution in [1.29, 1.82) is 0 Å². The second kappa shape index (κ2) is 10.5. The summed E-state index contributed by atoms with van der Waals surface area (Å²) >= 11 is 19.1. The summed E-state index contributed by atoms with van der Waals surface area (Å²) in [6.07, 6.45) is 1.57. The van der Waals surface area contributed by atoms with Gasteiger partial charge in [-0.25, -0.2) is 0 Å². The lowest BCUT2D eigenvalue weighted by Gasteiger charge is -2.23. The molecule has 1 atom stereocenters. The molecule has 0 spiro atoms. The van der Waals surface area contributed by atoms with Gasteiger partial charge >= 0.3 is 0 Å². The number of hydrogen-bond donors (Lipinski definition) is 4. The standard InChI is InChI=1S/C25H21Cl3N4O2/c26-19-8-7-15(10-14(19)12-29)31-13-22(33)32-23(16-4-1-2-6-20(16)27)18-11-21(28)17-5-3-9-30-24(17)25(18)34/h1-11,23,31,34H,12-13,29H2,(H,32,33). The number of nitrogens with one attached hydrogen (secondary N) is 2. The molecule has 3 aromatic carbocycles. The maximum atomic E-state index is 13.0. The van der Waals surface area contributed by atoms with E-state index in [2.05, 4.69) is 15.6 Å². The minimum atomic E-state index is -0.767. The number of anilines is 1. The molecule has 0 radical (unpaired) electrons. The molecule has 0 saturated carbocycles. The summed E-state index contributed by atoms with van der Waals surface area (Å²) in [7, 11) is 0. The molecule has 34 heavy (non-hydrogen) atoms. The van der Waals surface area contributed by atoms with Crippen LogP contribution in [0.3, 0.4) is 0 Å². The number of amides is 1. The Balaban J connectivity index is 1.66. The van der Waals surface area contributed by atoms with Crippen LogP contribution in [-0.4, -0.2) is 22.5 Å². The van der Waals surface area contributed by atoms with E-state index < -0.39 is 6.04 Å². The van der Waals surface area contributed by atoms with Gasteiger partial charge in [0.15, 0.2) is 0 Å². The van der Waals surface area contributed by atoms with Gasteiger partial charge in [0.1, 0.15) is 11.3 Å². The molecule has 4 aromatic rings. The number of hydrogen-bond acceptors (Lipinski definition) is 5. The molecule has 0 fully saturated rings. The number of nitrogens with zero attached hydrogens (tertiary/aromatic N) is 1. The molecule has 1 heterocycles. The maximum Gasteiger partial charge on any atom is 0.240 e. The van der Waals surface area contributed by atoms with Gasteiger partial charge in [-0.2, -0.15) is 0 Å². The van der Waals surface area contributed by atoms with E-state index in [1.165, 1.54) is 0 Å². The van der Waals surface area contributed by atoms with Crippen LogP contribution in [0.2, 0.25) is 15.1 Å². The first-order valence-corrected chi connectivity index (χ1v) is 11.5. The quantitative estimate of drug-likeness (QED) is 0.254. The molecule has 5 N–H and O–H groups in total. The van der Waals surface area contributed by atoms with Crippen LogP contribution in [0.15, 0.2) is 66.9 Å². The fraction of sp³-hybridized carbons (Fsp3) is 0.120. The minimum Gasteiger partial charge on any atom is -0.505 e. The summed E-state index contributed by atoms with van der Waals surface area (Å²) in [5.74, 6) is -0.408. The van der Waals surface area contributed by atoms with Gasteiger partial charge in [0.05, 0.1) is 17.6 Å². The van der Waals surface area contributed by atoms with Gasteiger partial charge < -0.3 is 21.5 Å². The van der Waals surface area contributed by atoms with E-state index >= 15 is 0 Å². The number of phenolic OH excluding ortho intramolecular Hbond substituents is 1. The number of halogens is 3. The minimum absolute atomic E-state index is 0.0348. The molecule has 1 amide bonds. The first-order chi connectivity index (χ1) is 16.4. The predicted octanol–water partition coefficient (Wildman–Crippen LogP) is 5.68. The van der Waals surface area contributed by atoms with E-state index in [-0.39, 0.29) is 24.7 Å². The van der Waals surface area contributed by atoms with Gasteiger partial charge in [-0.15, -0.1) is 0 Å². The third-order valence-electron chi connectivity index (χ3n) is 5.40. The van der Waals surface area contributed by atoms with Crippen molar-refractivity contribution in [3.05, 3.63) is 98.6 Å². The van der Waals surface area contributed by atoms with Crippen molar-refractivity contribution in [2.24, 2.45) is 5.73 Å². The predicted molar refractivity (Wildman–Crippen MR) is 138 cm³/mol. The number of carbonyl (C=O) groups excluding carboxylic acids is 1. The highest BCUT2D eigenvalue weighted by Crippen LogP contribution is 2.39. The fourth-order valence-electron chi connectivity index (χ4n) is 3.69. The SMILES string of the molecule is NCc1cc(NCC(=O)NC(c2ccccc2Cl)c2cc(Cl)c3cccnc3c2O)ccc1Cl. The largest absolute Gasteiger partial charge is 0.505 e. The Labute approximate surface area is 211 Å². The maximum absolute atomic E-state index is 13.0. The van der Waals surface area contributed by atoms with E-state index in [0.29, 0.717) is 42.8 Å². The van der Waals surface area contributed by atoms with Crippen molar-refractivity contribution in [3.8, 4) is 5.75 Å². The third-order valence-corrected chi connectivity index (χ3v) is 6.42. The van der Waals surface area contributed by atoms with E-state index in [1.54, 1.807) is 66.9 Å². The van der Waals surface area contributed by atoms with Crippen LogP contribution >= 0.6 is 34.8 Å². The molecule has 0 aliphatic heterocycles. The Bertz CT molecular complexity index is 1360. The molecular weight excluding hydrogens is 495 g/mol. The highest BCUT2D eigenvalue weighted by Gasteiger charge is 2.25. The zero-order valence-electron chi connectivity index (χ0n) is 17.9. The van der Waals surface area contributed by atoms with Gasteiger partial charge in [0.25, 0.3) is 0 Å². The Morgan fingerprint density at radius 1 is 0.971 bits per heavy atom. The summed E-state index contributed by atoms with van der Waals surface area (Å²) in [4.78, 5) is 17.2. The number of rotatable bonds is 7. The van der Waals surface area contributed by atoms with Gasteiger partial charge in [-0.05, 0) is 53.6 Å². The number of aromatic hydroxyl groups is 1. The van der Waals surface area contributed by atoms with Gasteiger partial charge in [-0.1, -0.05) is 53.0 Å². The van der Waals surface area contributed by atoms with E-state index in [4.69, 9.17) is 40.5 Å². The molecule has 6 nitrogen and oxygen atoms in total. The molecule has 174 valence electrons. The molecule has 9 heteroatoms. The van der Waals surface area contributed by atoms with Crippen molar-refractivity contribution >= 4 is 57.3 Å². The first kappa shape index (κ1) is 24.1. The van der Waals surface area contributed by atoms with E-state index in [9.17, 15) is 9.90 Å². The van der Waals surface area contributed by atoms with Crippen molar-refractivity contribution in [2.45, 2.75) is 12.6 Å². The van der Waals surface area contributed by atoms with Gasteiger partial charge in [0, 0.05) is 39.4 Å². The monoisotopic (exact) mass is 514 g/mol. The van der Waals surface area contributed by atoms with Crippen molar-refractivity contribution in [3.63, 3.8) is 0 Å². The average Bonchev–Trinajstić information content (AvgIpc) is 2.85. The van der Waals surface area contributed by atoms with Crippen LogP contribution in [0.1, 0.15) is 22.7 Å². The average molecular weight is 516 g/mol. The van der Waals surface area contributed by atoms with Crippen molar-refractivity contribution in [1.82, 2.24) is 10.3 Å². The molecule has 0 aliphatic rings. The zero-order valence-corrected chi connectivity index (χ0v) is 20.1. The highest BCUT2D eigenvalue weighted by molar-refractivity contribution is 6.35. The summed E-state index contributed by atoms with van der Waals surface area (Å²) in [6, 6.07) is 16.7. The molecule has 0 saturated heterocycles. The Morgan fingerprint density at radius 3 is 2.53 bits per heavy atom. The molecule has 0 bridgehead atoms. The fourth-order valence-corrected chi connectivity index (χ4v) is 4.40. The number of aromatic nitrogens is 1. The first-order valence-electron chi connectivity index (χ1n) is 10.4. The normalized spacial score (nSPS) is 11.9. The summed E-state index contributed by atoms with van der Waals surface area (Å²) in [5, 5.41) is 19.1. The van der Waals surface area contributed by atoms with Crippen LogP contribution in [0.5, 0.6) is 5.75 Å². The molecular formula is C25H21Cl3N4O2. The Kier molecular flexibility index (Phi) is 7.44. The molecule has 1 unspecified atom stereocenters. The molecule has 0 aliphatic carbocycles. The number of pyridine rings is 1. The lowest BCUT2D eigenvalue weighted by Crippen LogP contribution is -2.34. The summed E-state index contributed by atoms with van der Waals surface area (Å²) in [6.45, 7) is 0.248. The van der Waals surface area contributed by atoms with E-state index in [0.717, 1.165) is 5.56 Å². The van der Waals surface area contributed by atoms with Crippen LogP contribution < -0.4 is 16.4 Å². The van der Waals surface area contributed by atoms with Crippen LogP contribution in [0, 0.1) is 0 Å². The highest BCUT2D eigenvalue weighted by atomic mass is 35.5. The van der Waals surface area contributed by atoms with Crippen LogP contribution in [0.4, 0.5) is 5.69 Å². The van der Waals surface area contributed by atoms with Gasteiger partial charge in [0.2, 0.25) is 5.91 Å². The second-order valence-electron chi connectivity index (χ2n) is 7.58.